The quantitative estimate of drug-likeness (QED) is 0.820. The highest BCUT2D eigenvalue weighted by Gasteiger charge is 2.27. The standard InChI is InChI=1S/C11H15N3O3/c1-11(2-4-17-5-3-11)14-9-7-12-8(6-13-9)10(15)16/h6-7H,2-5H2,1H3,(H,13,14)(H,15,16). The second-order valence-corrected chi connectivity index (χ2v) is 4.39. The zero-order chi connectivity index (χ0) is 12.3. The Labute approximate surface area is 99.0 Å². The number of rotatable bonds is 3. The lowest BCUT2D eigenvalue weighted by atomic mass is 9.92. The number of nitrogens with one attached hydrogen (secondary N) is 1. The first-order chi connectivity index (χ1) is 8.09. The molecule has 0 saturated carbocycles. The van der Waals surface area contributed by atoms with Crippen LogP contribution in [-0.4, -0.2) is 39.8 Å². The number of carboxylic acid groups (broad SMARTS) is 1. The predicted molar refractivity (Wildman–Crippen MR) is 61.1 cm³/mol. The highest BCUT2D eigenvalue weighted by Crippen LogP contribution is 2.23. The van der Waals surface area contributed by atoms with Crippen molar-refractivity contribution in [3.8, 4) is 0 Å². The molecule has 0 atom stereocenters. The van der Waals surface area contributed by atoms with Gasteiger partial charge in [0.25, 0.3) is 0 Å². The lowest BCUT2D eigenvalue weighted by molar-refractivity contribution is 0.0657. The summed E-state index contributed by atoms with van der Waals surface area (Å²) in [5, 5.41) is 12.0. The molecule has 1 fully saturated rings. The van der Waals surface area contributed by atoms with E-state index in [2.05, 4.69) is 22.2 Å². The maximum absolute atomic E-state index is 10.6. The number of nitrogens with zero attached hydrogens (tertiary/aromatic N) is 2. The van der Waals surface area contributed by atoms with Crippen molar-refractivity contribution in [2.75, 3.05) is 18.5 Å². The molecule has 0 unspecified atom stereocenters. The average Bonchev–Trinajstić information content (AvgIpc) is 2.30. The van der Waals surface area contributed by atoms with Crippen LogP contribution >= 0.6 is 0 Å². The fourth-order valence-corrected chi connectivity index (χ4v) is 1.76. The van der Waals surface area contributed by atoms with Gasteiger partial charge in [-0.15, -0.1) is 0 Å². The molecule has 1 aromatic heterocycles. The molecular formula is C11H15N3O3. The van der Waals surface area contributed by atoms with E-state index in [9.17, 15) is 4.79 Å². The summed E-state index contributed by atoms with van der Waals surface area (Å²) in [5.41, 5.74) is -0.106. The summed E-state index contributed by atoms with van der Waals surface area (Å²) in [6, 6.07) is 0. The summed E-state index contributed by atoms with van der Waals surface area (Å²) in [4.78, 5) is 18.5. The molecule has 1 aliphatic heterocycles. The van der Waals surface area contributed by atoms with E-state index in [1.807, 2.05) is 0 Å². The Morgan fingerprint density at radius 3 is 2.65 bits per heavy atom. The number of aromatic nitrogens is 2. The number of hydrogen-bond acceptors (Lipinski definition) is 5. The molecule has 2 N–H and O–H groups in total. The summed E-state index contributed by atoms with van der Waals surface area (Å²) in [6.45, 7) is 3.55. The van der Waals surface area contributed by atoms with E-state index >= 15 is 0 Å². The average molecular weight is 237 g/mol. The van der Waals surface area contributed by atoms with E-state index in [4.69, 9.17) is 9.84 Å². The van der Waals surface area contributed by atoms with Gasteiger partial charge in [-0.2, -0.15) is 0 Å². The van der Waals surface area contributed by atoms with E-state index in [0.29, 0.717) is 5.82 Å². The third-order valence-corrected chi connectivity index (χ3v) is 2.90. The second-order valence-electron chi connectivity index (χ2n) is 4.39. The lowest BCUT2D eigenvalue weighted by Crippen LogP contribution is -2.40. The highest BCUT2D eigenvalue weighted by molar-refractivity contribution is 5.84. The van der Waals surface area contributed by atoms with Crippen molar-refractivity contribution >= 4 is 11.8 Å². The van der Waals surface area contributed by atoms with E-state index in [1.54, 1.807) is 0 Å². The maximum atomic E-state index is 10.6. The fraction of sp³-hybridized carbons (Fsp3) is 0.545. The summed E-state index contributed by atoms with van der Waals surface area (Å²) in [6.07, 6.45) is 4.50. The molecule has 6 heteroatoms. The Balaban J connectivity index is 2.05. The Bertz CT molecular complexity index is 399. The summed E-state index contributed by atoms with van der Waals surface area (Å²) in [7, 11) is 0. The smallest absolute Gasteiger partial charge is 0.356 e. The van der Waals surface area contributed by atoms with Gasteiger partial charge in [-0.1, -0.05) is 0 Å². The van der Waals surface area contributed by atoms with Crippen LogP contribution in [0.5, 0.6) is 0 Å². The molecule has 2 heterocycles. The van der Waals surface area contributed by atoms with Crippen LogP contribution in [-0.2, 0) is 4.74 Å². The number of hydrogen-bond donors (Lipinski definition) is 2. The summed E-state index contributed by atoms with van der Waals surface area (Å²) >= 11 is 0. The minimum absolute atomic E-state index is 0.0484. The molecule has 0 aliphatic carbocycles. The Morgan fingerprint density at radius 1 is 1.41 bits per heavy atom. The highest BCUT2D eigenvalue weighted by atomic mass is 16.5. The molecule has 17 heavy (non-hydrogen) atoms. The zero-order valence-electron chi connectivity index (χ0n) is 9.64. The summed E-state index contributed by atoms with van der Waals surface area (Å²) < 4.78 is 5.30. The Kier molecular flexibility index (Phi) is 3.23. The first-order valence-electron chi connectivity index (χ1n) is 5.50. The van der Waals surface area contributed by atoms with Gasteiger partial charge in [0.05, 0.1) is 12.4 Å². The molecule has 1 aliphatic rings. The molecular weight excluding hydrogens is 222 g/mol. The molecule has 92 valence electrons. The van der Waals surface area contributed by atoms with Crippen molar-refractivity contribution in [1.82, 2.24) is 9.97 Å². The largest absolute Gasteiger partial charge is 0.476 e. The fourth-order valence-electron chi connectivity index (χ4n) is 1.76. The van der Waals surface area contributed by atoms with Crippen molar-refractivity contribution in [2.45, 2.75) is 25.3 Å². The number of carboxylic acids is 1. The van der Waals surface area contributed by atoms with Gasteiger partial charge in [-0.05, 0) is 19.8 Å². The number of ether oxygens (including phenoxy) is 1. The van der Waals surface area contributed by atoms with E-state index in [1.165, 1.54) is 12.4 Å². The van der Waals surface area contributed by atoms with Crippen LogP contribution in [0.25, 0.3) is 0 Å². The monoisotopic (exact) mass is 237 g/mol. The van der Waals surface area contributed by atoms with Gasteiger partial charge in [0.1, 0.15) is 5.82 Å². The molecule has 0 spiro atoms. The molecule has 0 amide bonds. The van der Waals surface area contributed by atoms with Crippen LogP contribution in [0.3, 0.4) is 0 Å². The van der Waals surface area contributed by atoms with Gasteiger partial charge < -0.3 is 15.2 Å². The number of anilines is 1. The normalized spacial score (nSPS) is 18.6. The first-order valence-corrected chi connectivity index (χ1v) is 5.50. The third kappa shape index (κ3) is 2.91. The first kappa shape index (κ1) is 11.8. The van der Waals surface area contributed by atoms with Crippen molar-refractivity contribution < 1.29 is 14.6 Å². The van der Waals surface area contributed by atoms with Crippen LogP contribution in [0.4, 0.5) is 5.82 Å². The van der Waals surface area contributed by atoms with Crippen LogP contribution in [0.15, 0.2) is 12.4 Å². The van der Waals surface area contributed by atoms with Crippen LogP contribution < -0.4 is 5.32 Å². The van der Waals surface area contributed by atoms with Crippen molar-refractivity contribution in [3.63, 3.8) is 0 Å². The molecule has 0 radical (unpaired) electrons. The Hall–Kier alpha value is -1.69. The number of aromatic carboxylic acids is 1. The molecule has 2 rings (SSSR count). The molecule has 0 aromatic carbocycles. The predicted octanol–water partition coefficient (Wildman–Crippen LogP) is 1.16. The summed E-state index contributed by atoms with van der Waals surface area (Å²) in [5.74, 6) is -0.472. The lowest BCUT2D eigenvalue weighted by Gasteiger charge is -2.34. The van der Waals surface area contributed by atoms with E-state index < -0.39 is 5.97 Å². The van der Waals surface area contributed by atoms with Crippen LogP contribution in [0.1, 0.15) is 30.3 Å². The molecule has 1 aromatic rings. The van der Waals surface area contributed by atoms with Crippen molar-refractivity contribution in [3.05, 3.63) is 18.1 Å². The van der Waals surface area contributed by atoms with Gasteiger partial charge >= 0.3 is 5.97 Å². The maximum Gasteiger partial charge on any atom is 0.356 e. The van der Waals surface area contributed by atoms with Crippen molar-refractivity contribution in [2.24, 2.45) is 0 Å². The van der Waals surface area contributed by atoms with Gasteiger partial charge in [0.2, 0.25) is 0 Å². The minimum atomic E-state index is -1.07. The van der Waals surface area contributed by atoms with Gasteiger partial charge in [-0.3, -0.25) is 0 Å². The van der Waals surface area contributed by atoms with Crippen molar-refractivity contribution in [1.29, 1.82) is 0 Å². The van der Waals surface area contributed by atoms with E-state index in [-0.39, 0.29) is 11.2 Å². The molecule has 1 saturated heterocycles. The third-order valence-electron chi connectivity index (χ3n) is 2.90. The van der Waals surface area contributed by atoms with Crippen LogP contribution in [0, 0.1) is 0 Å². The molecule has 6 nitrogen and oxygen atoms in total. The van der Waals surface area contributed by atoms with Crippen LogP contribution in [0.2, 0.25) is 0 Å². The van der Waals surface area contributed by atoms with Gasteiger partial charge in [0.15, 0.2) is 5.69 Å². The topological polar surface area (TPSA) is 84.3 Å². The zero-order valence-corrected chi connectivity index (χ0v) is 9.64. The SMILES string of the molecule is CC1(Nc2cnc(C(=O)O)cn2)CCOCC1. The molecule has 0 bridgehead atoms. The second kappa shape index (κ2) is 4.67. The van der Waals surface area contributed by atoms with Gasteiger partial charge in [-0.25, -0.2) is 14.8 Å². The van der Waals surface area contributed by atoms with E-state index in [0.717, 1.165) is 26.1 Å². The number of carbonyl (C=O) groups is 1. The van der Waals surface area contributed by atoms with Gasteiger partial charge in [0, 0.05) is 18.8 Å². The Morgan fingerprint density at radius 2 is 2.12 bits per heavy atom. The minimum Gasteiger partial charge on any atom is -0.476 e.